The largest absolute Gasteiger partial charge is 0.416 e. The molecular formula is C14H17F3N4. The van der Waals surface area contributed by atoms with Crippen molar-refractivity contribution >= 4 is 0 Å². The van der Waals surface area contributed by atoms with Crippen LogP contribution in [0.15, 0.2) is 30.5 Å². The van der Waals surface area contributed by atoms with Crippen molar-refractivity contribution in [1.29, 1.82) is 0 Å². The van der Waals surface area contributed by atoms with Gasteiger partial charge in [0.25, 0.3) is 0 Å². The molecule has 2 rings (SSSR count). The second kappa shape index (κ2) is 6.26. The van der Waals surface area contributed by atoms with E-state index in [-0.39, 0.29) is 0 Å². The monoisotopic (exact) mass is 298 g/mol. The zero-order chi connectivity index (χ0) is 15.5. The summed E-state index contributed by atoms with van der Waals surface area (Å²) in [6.45, 7) is 2.69. The average Bonchev–Trinajstić information content (AvgIpc) is 2.87. The Kier molecular flexibility index (Phi) is 4.62. The Balaban J connectivity index is 2.16. The summed E-state index contributed by atoms with van der Waals surface area (Å²) in [6, 6.07) is 4.79. The number of nitrogens with zero attached hydrogens (tertiary/aromatic N) is 3. The van der Waals surface area contributed by atoms with Crippen LogP contribution in [-0.4, -0.2) is 15.0 Å². The highest BCUT2D eigenvalue weighted by atomic mass is 19.4. The van der Waals surface area contributed by atoms with Gasteiger partial charge in [0.2, 0.25) is 0 Å². The molecule has 0 aliphatic carbocycles. The van der Waals surface area contributed by atoms with Crippen LogP contribution in [0.1, 0.15) is 36.2 Å². The van der Waals surface area contributed by atoms with Gasteiger partial charge in [-0.2, -0.15) is 13.2 Å². The minimum Gasteiger partial charge on any atom is -0.322 e. The molecule has 2 N–H and O–H groups in total. The first kappa shape index (κ1) is 15.5. The maximum atomic E-state index is 12.7. The molecular weight excluding hydrogens is 281 g/mol. The molecule has 0 radical (unpaired) electrons. The third kappa shape index (κ3) is 3.81. The van der Waals surface area contributed by atoms with Gasteiger partial charge in [0, 0.05) is 6.54 Å². The molecule has 1 heterocycles. The number of nitrogens with two attached hydrogens (primary N) is 1. The second-order valence-electron chi connectivity index (χ2n) is 4.89. The predicted octanol–water partition coefficient (Wildman–Crippen LogP) is 2.95. The van der Waals surface area contributed by atoms with Gasteiger partial charge in [-0.25, -0.2) is 4.68 Å². The maximum Gasteiger partial charge on any atom is 0.416 e. The van der Waals surface area contributed by atoms with Crippen molar-refractivity contribution < 1.29 is 13.2 Å². The molecule has 0 bridgehead atoms. The molecule has 1 aromatic carbocycles. The van der Waals surface area contributed by atoms with Gasteiger partial charge in [-0.05, 0) is 24.5 Å². The number of rotatable bonds is 5. The molecule has 0 spiro atoms. The van der Waals surface area contributed by atoms with Crippen molar-refractivity contribution in [1.82, 2.24) is 15.0 Å². The highest BCUT2D eigenvalue weighted by Gasteiger charge is 2.30. The molecule has 0 aliphatic heterocycles. The zero-order valence-electron chi connectivity index (χ0n) is 11.6. The first-order valence-corrected chi connectivity index (χ1v) is 6.72. The first-order chi connectivity index (χ1) is 9.91. The summed E-state index contributed by atoms with van der Waals surface area (Å²) in [6.07, 6.45) is -1.59. The Bertz CT molecular complexity index is 592. The van der Waals surface area contributed by atoms with Crippen LogP contribution in [0.4, 0.5) is 13.2 Å². The van der Waals surface area contributed by atoms with Crippen molar-refractivity contribution in [2.24, 2.45) is 5.73 Å². The minimum absolute atomic E-state index is 0.307. The molecule has 114 valence electrons. The zero-order valence-corrected chi connectivity index (χ0v) is 11.6. The lowest BCUT2D eigenvalue weighted by Gasteiger charge is -2.14. The van der Waals surface area contributed by atoms with E-state index in [2.05, 4.69) is 10.3 Å². The first-order valence-electron chi connectivity index (χ1n) is 6.72. The Hall–Kier alpha value is -1.89. The lowest BCUT2D eigenvalue weighted by molar-refractivity contribution is -0.137. The topological polar surface area (TPSA) is 56.7 Å². The van der Waals surface area contributed by atoms with E-state index in [9.17, 15) is 13.2 Å². The second-order valence-corrected chi connectivity index (χ2v) is 4.89. The van der Waals surface area contributed by atoms with E-state index in [1.807, 2.05) is 6.92 Å². The highest BCUT2D eigenvalue weighted by Crippen LogP contribution is 2.30. The van der Waals surface area contributed by atoms with Crippen molar-refractivity contribution in [3.8, 4) is 0 Å². The molecule has 0 amide bonds. The quantitative estimate of drug-likeness (QED) is 0.923. The van der Waals surface area contributed by atoms with Gasteiger partial charge in [-0.3, -0.25) is 0 Å². The average molecular weight is 298 g/mol. The molecule has 21 heavy (non-hydrogen) atoms. The summed E-state index contributed by atoms with van der Waals surface area (Å²) in [5.74, 6) is 0. The highest BCUT2D eigenvalue weighted by molar-refractivity contribution is 5.27. The van der Waals surface area contributed by atoms with Gasteiger partial charge in [-0.15, -0.1) is 5.10 Å². The normalized spacial score (nSPS) is 13.4. The van der Waals surface area contributed by atoms with E-state index >= 15 is 0 Å². The van der Waals surface area contributed by atoms with Crippen molar-refractivity contribution in [2.75, 3.05) is 0 Å². The van der Waals surface area contributed by atoms with Crippen molar-refractivity contribution in [2.45, 2.75) is 38.5 Å². The van der Waals surface area contributed by atoms with Crippen molar-refractivity contribution in [3.05, 3.63) is 47.3 Å². The summed E-state index contributed by atoms with van der Waals surface area (Å²) in [5, 5.41) is 7.75. The molecule has 0 saturated carbocycles. The van der Waals surface area contributed by atoms with E-state index in [1.165, 1.54) is 6.07 Å². The molecule has 1 unspecified atom stereocenters. The molecule has 1 aromatic heterocycles. The van der Waals surface area contributed by atoms with Gasteiger partial charge in [0.1, 0.15) is 0 Å². The molecule has 4 nitrogen and oxygen atoms in total. The fourth-order valence-electron chi connectivity index (χ4n) is 2.17. The van der Waals surface area contributed by atoms with Crippen LogP contribution in [0.3, 0.4) is 0 Å². The summed E-state index contributed by atoms with van der Waals surface area (Å²) >= 11 is 0. The minimum atomic E-state index is -4.34. The summed E-state index contributed by atoms with van der Waals surface area (Å²) in [5.41, 5.74) is 6.69. The predicted molar refractivity (Wildman–Crippen MR) is 72.4 cm³/mol. The van der Waals surface area contributed by atoms with Crippen LogP contribution in [0, 0.1) is 0 Å². The van der Waals surface area contributed by atoms with Crippen LogP contribution >= 0.6 is 0 Å². The van der Waals surface area contributed by atoms with Gasteiger partial charge >= 0.3 is 6.18 Å². The third-order valence-electron chi connectivity index (χ3n) is 3.17. The third-order valence-corrected chi connectivity index (χ3v) is 3.17. The Labute approximate surface area is 120 Å². The van der Waals surface area contributed by atoms with Crippen LogP contribution in [0.5, 0.6) is 0 Å². The summed E-state index contributed by atoms with van der Waals surface area (Å²) < 4.78 is 39.8. The van der Waals surface area contributed by atoms with Gasteiger partial charge in [0.15, 0.2) is 0 Å². The Morgan fingerprint density at radius 3 is 2.76 bits per heavy atom. The van der Waals surface area contributed by atoms with Gasteiger partial charge in [0.05, 0.1) is 23.5 Å². The van der Waals surface area contributed by atoms with Crippen LogP contribution in [0.25, 0.3) is 0 Å². The Morgan fingerprint density at radius 2 is 2.10 bits per heavy atom. The van der Waals surface area contributed by atoms with Gasteiger partial charge < -0.3 is 5.73 Å². The summed E-state index contributed by atoms with van der Waals surface area (Å²) in [7, 11) is 0. The smallest absolute Gasteiger partial charge is 0.322 e. The molecule has 1 atom stereocenters. The standard InChI is InChI=1S/C14H17F3N4/c1-2-6-21-13(9-19-20-21)12(18)8-10-4-3-5-11(7-10)14(15,16)17/h3-5,7,9,12H,2,6,8,18H2,1H3. The number of halogens is 3. The SMILES string of the molecule is CCCn1nncc1C(N)Cc1cccc(C(F)(F)F)c1. The fourth-order valence-corrected chi connectivity index (χ4v) is 2.17. The van der Waals surface area contributed by atoms with Crippen molar-refractivity contribution in [3.63, 3.8) is 0 Å². The number of hydrogen-bond acceptors (Lipinski definition) is 3. The lowest BCUT2D eigenvalue weighted by Crippen LogP contribution is -2.19. The number of hydrogen-bond donors (Lipinski definition) is 1. The van der Waals surface area contributed by atoms with E-state index < -0.39 is 17.8 Å². The number of benzene rings is 1. The number of aryl methyl sites for hydroxylation is 1. The van der Waals surface area contributed by atoms with E-state index in [0.29, 0.717) is 18.5 Å². The summed E-state index contributed by atoms with van der Waals surface area (Å²) in [4.78, 5) is 0. The molecule has 7 heteroatoms. The van der Waals surface area contributed by atoms with Crippen LogP contribution in [-0.2, 0) is 19.1 Å². The molecule has 0 fully saturated rings. The molecule has 0 saturated heterocycles. The number of aromatic nitrogens is 3. The van der Waals surface area contributed by atoms with Crippen LogP contribution < -0.4 is 5.73 Å². The van der Waals surface area contributed by atoms with E-state index in [0.717, 1.165) is 24.2 Å². The molecule has 2 aromatic rings. The van der Waals surface area contributed by atoms with Gasteiger partial charge in [-0.1, -0.05) is 30.3 Å². The molecule has 0 aliphatic rings. The number of alkyl halides is 3. The Morgan fingerprint density at radius 1 is 1.33 bits per heavy atom. The maximum absolute atomic E-state index is 12.7. The lowest BCUT2D eigenvalue weighted by atomic mass is 10.0. The van der Waals surface area contributed by atoms with E-state index in [1.54, 1.807) is 16.9 Å². The van der Waals surface area contributed by atoms with E-state index in [4.69, 9.17) is 5.73 Å². The van der Waals surface area contributed by atoms with Crippen LogP contribution in [0.2, 0.25) is 0 Å². The fraction of sp³-hybridized carbons (Fsp3) is 0.429.